The number of amides is 1. The summed E-state index contributed by atoms with van der Waals surface area (Å²) in [6.45, 7) is 1.34. The van der Waals surface area contributed by atoms with E-state index in [4.69, 9.17) is 9.15 Å². The Bertz CT molecular complexity index is 643. The predicted molar refractivity (Wildman–Crippen MR) is 82.6 cm³/mol. The van der Waals surface area contributed by atoms with E-state index in [0.717, 1.165) is 25.7 Å². The first-order chi connectivity index (χ1) is 11.1. The van der Waals surface area contributed by atoms with Gasteiger partial charge in [-0.25, -0.2) is 8.42 Å². The third kappa shape index (κ3) is 3.76. The van der Waals surface area contributed by atoms with Crippen LogP contribution in [0.4, 0.5) is 0 Å². The molecule has 0 aromatic carbocycles. The molecule has 1 aromatic rings. The molecule has 8 heteroatoms. The van der Waals surface area contributed by atoms with Gasteiger partial charge in [-0.3, -0.25) is 4.79 Å². The van der Waals surface area contributed by atoms with E-state index in [0.29, 0.717) is 26.3 Å². The summed E-state index contributed by atoms with van der Waals surface area (Å²) in [5, 5.41) is 2.73. The van der Waals surface area contributed by atoms with Crippen LogP contribution in [0.15, 0.2) is 21.6 Å². The molecule has 1 saturated carbocycles. The average molecular weight is 342 g/mol. The highest BCUT2D eigenvalue weighted by atomic mass is 32.2. The molecule has 1 aliphatic heterocycles. The Balaban J connectivity index is 1.68. The van der Waals surface area contributed by atoms with Crippen LogP contribution >= 0.6 is 0 Å². The zero-order chi connectivity index (χ0) is 16.3. The lowest BCUT2D eigenvalue weighted by Gasteiger charge is -2.24. The summed E-state index contributed by atoms with van der Waals surface area (Å²) in [5.74, 6) is -0.303. The number of carbonyl (C=O) groups excluding carboxylic acids is 1. The molecule has 0 spiro atoms. The minimum absolute atomic E-state index is 0.0439. The van der Waals surface area contributed by atoms with Crippen LogP contribution in [0.2, 0.25) is 0 Å². The molecule has 2 fully saturated rings. The molecule has 2 aliphatic rings. The van der Waals surface area contributed by atoms with E-state index < -0.39 is 10.0 Å². The number of nitrogens with zero attached hydrogens (tertiary/aromatic N) is 1. The van der Waals surface area contributed by atoms with Crippen LogP contribution in [0.1, 0.15) is 42.7 Å². The van der Waals surface area contributed by atoms with Gasteiger partial charge in [0.2, 0.25) is 5.09 Å². The minimum atomic E-state index is -3.70. The van der Waals surface area contributed by atoms with Crippen LogP contribution in [-0.4, -0.2) is 51.0 Å². The van der Waals surface area contributed by atoms with Crippen LogP contribution in [0.3, 0.4) is 0 Å². The molecule has 0 radical (unpaired) electrons. The molecule has 7 nitrogen and oxygen atoms in total. The van der Waals surface area contributed by atoms with E-state index in [1.807, 2.05) is 0 Å². The molecule has 23 heavy (non-hydrogen) atoms. The summed E-state index contributed by atoms with van der Waals surface area (Å²) in [6.07, 6.45) is 5.35. The van der Waals surface area contributed by atoms with Crippen LogP contribution in [-0.2, 0) is 14.8 Å². The molecular formula is C15H22N2O5S. The van der Waals surface area contributed by atoms with Crippen LogP contribution in [0.5, 0.6) is 0 Å². The van der Waals surface area contributed by atoms with Crippen LogP contribution < -0.4 is 5.32 Å². The summed E-state index contributed by atoms with van der Waals surface area (Å²) < 4.78 is 36.7. The highest BCUT2D eigenvalue weighted by Gasteiger charge is 2.30. The topological polar surface area (TPSA) is 88.9 Å². The molecule has 0 unspecified atom stereocenters. The highest BCUT2D eigenvalue weighted by molar-refractivity contribution is 7.89. The molecular weight excluding hydrogens is 320 g/mol. The maximum atomic E-state index is 12.5. The van der Waals surface area contributed by atoms with Crippen molar-refractivity contribution >= 4 is 15.9 Å². The smallest absolute Gasteiger partial charge is 0.287 e. The van der Waals surface area contributed by atoms with Gasteiger partial charge in [0.25, 0.3) is 15.9 Å². The quantitative estimate of drug-likeness (QED) is 0.892. The van der Waals surface area contributed by atoms with Crippen LogP contribution in [0, 0.1) is 0 Å². The number of carbonyl (C=O) groups is 1. The largest absolute Gasteiger partial charge is 0.438 e. The summed E-state index contributed by atoms with van der Waals surface area (Å²) in [4.78, 5) is 12.2. The molecule has 1 N–H and O–H groups in total. The van der Waals surface area contributed by atoms with Crippen molar-refractivity contribution in [3.63, 3.8) is 0 Å². The van der Waals surface area contributed by atoms with Gasteiger partial charge in [-0.05, 0) is 25.0 Å². The van der Waals surface area contributed by atoms with Gasteiger partial charge in [0.05, 0.1) is 13.2 Å². The summed E-state index contributed by atoms with van der Waals surface area (Å²) in [7, 11) is -3.70. The second-order valence-corrected chi connectivity index (χ2v) is 7.81. The highest BCUT2D eigenvalue weighted by Crippen LogP contribution is 2.21. The molecule has 0 bridgehead atoms. The van der Waals surface area contributed by atoms with Crippen molar-refractivity contribution in [2.75, 3.05) is 26.3 Å². The van der Waals surface area contributed by atoms with Gasteiger partial charge in [-0.1, -0.05) is 19.3 Å². The van der Waals surface area contributed by atoms with Crippen molar-refractivity contribution in [1.29, 1.82) is 0 Å². The minimum Gasteiger partial charge on any atom is -0.438 e. The molecule has 1 aliphatic carbocycles. The Morgan fingerprint density at radius 2 is 1.83 bits per heavy atom. The second-order valence-electron chi connectivity index (χ2n) is 5.94. The van der Waals surface area contributed by atoms with E-state index in [1.54, 1.807) is 0 Å². The molecule has 2 heterocycles. The molecule has 128 valence electrons. The van der Waals surface area contributed by atoms with Crippen molar-refractivity contribution in [2.45, 2.75) is 43.2 Å². The Hall–Kier alpha value is -1.38. The average Bonchev–Trinajstić information content (AvgIpc) is 3.07. The standard InChI is InChI=1S/C15H22N2O5S/c18-15(16-12-4-2-1-3-5-12)13-6-7-14(22-13)23(19,20)17-8-10-21-11-9-17/h6-7,12H,1-5,8-11H2,(H,16,18). The van der Waals surface area contributed by atoms with E-state index in [2.05, 4.69) is 5.32 Å². The summed E-state index contributed by atoms with van der Waals surface area (Å²) in [5.41, 5.74) is 0. The number of ether oxygens (including phenoxy) is 1. The first kappa shape index (κ1) is 16.5. The zero-order valence-electron chi connectivity index (χ0n) is 13.0. The van der Waals surface area contributed by atoms with E-state index in [-0.39, 0.29) is 22.8 Å². The normalized spacial score (nSPS) is 21.2. The summed E-state index contributed by atoms with van der Waals surface area (Å²) in [6, 6.07) is 2.92. The molecule has 1 saturated heterocycles. The Labute approximate surface area is 136 Å². The van der Waals surface area contributed by atoms with E-state index in [9.17, 15) is 13.2 Å². The monoisotopic (exact) mass is 342 g/mol. The fourth-order valence-electron chi connectivity index (χ4n) is 3.00. The lowest BCUT2D eigenvalue weighted by atomic mass is 9.95. The Morgan fingerprint density at radius 3 is 2.52 bits per heavy atom. The molecule has 3 rings (SSSR count). The lowest BCUT2D eigenvalue weighted by molar-refractivity contribution is 0.0722. The third-order valence-corrected chi connectivity index (χ3v) is 6.08. The molecule has 0 atom stereocenters. The van der Waals surface area contributed by atoms with E-state index in [1.165, 1.54) is 22.9 Å². The summed E-state index contributed by atoms with van der Waals surface area (Å²) >= 11 is 0. The zero-order valence-corrected chi connectivity index (χ0v) is 13.8. The Morgan fingerprint density at radius 1 is 1.13 bits per heavy atom. The number of rotatable bonds is 4. The molecule has 1 aromatic heterocycles. The fraction of sp³-hybridized carbons (Fsp3) is 0.667. The van der Waals surface area contributed by atoms with Crippen molar-refractivity contribution in [3.8, 4) is 0 Å². The van der Waals surface area contributed by atoms with Crippen molar-refractivity contribution in [2.24, 2.45) is 0 Å². The Kier molecular flexibility index (Phi) is 5.03. The van der Waals surface area contributed by atoms with Gasteiger partial charge in [-0.2, -0.15) is 4.31 Å². The maximum absolute atomic E-state index is 12.5. The first-order valence-corrected chi connectivity index (χ1v) is 9.50. The number of sulfonamides is 1. The van der Waals surface area contributed by atoms with Gasteiger partial charge >= 0.3 is 0 Å². The van der Waals surface area contributed by atoms with Gasteiger partial charge in [0.15, 0.2) is 5.76 Å². The SMILES string of the molecule is O=C(NC1CCCCC1)c1ccc(S(=O)(=O)N2CCOCC2)o1. The number of morpholine rings is 1. The number of hydrogen-bond donors (Lipinski definition) is 1. The number of furan rings is 1. The predicted octanol–water partition coefficient (Wildman–Crippen LogP) is 1.36. The maximum Gasteiger partial charge on any atom is 0.287 e. The molecule has 1 amide bonds. The third-order valence-electron chi connectivity index (χ3n) is 4.31. The lowest BCUT2D eigenvalue weighted by Crippen LogP contribution is -2.40. The van der Waals surface area contributed by atoms with Gasteiger partial charge < -0.3 is 14.5 Å². The number of nitrogens with one attached hydrogen (secondary N) is 1. The first-order valence-electron chi connectivity index (χ1n) is 8.06. The fourth-order valence-corrected chi connectivity index (χ4v) is 4.32. The van der Waals surface area contributed by atoms with Gasteiger partial charge in [-0.15, -0.1) is 0 Å². The second kappa shape index (κ2) is 7.02. The van der Waals surface area contributed by atoms with Crippen molar-refractivity contribution in [1.82, 2.24) is 9.62 Å². The van der Waals surface area contributed by atoms with Gasteiger partial charge in [0.1, 0.15) is 0 Å². The van der Waals surface area contributed by atoms with Gasteiger partial charge in [0, 0.05) is 19.1 Å². The van der Waals surface area contributed by atoms with E-state index >= 15 is 0 Å². The number of hydrogen-bond acceptors (Lipinski definition) is 5. The van der Waals surface area contributed by atoms with Crippen LogP contribution in [0.25, 0.3) is 0 Å². The van der Waals surface area contributed by atoms with Crippen molar-refractivity contribution in [3.05, 3.63) is 17.9 Å². The van der Waals surface area contributed by atoms with Crippen molar-refractivity contribution < 1.29 is 22.4 Å².